The molecule has 0 unspecified atom stereocenters. The monoisotopic (exact) mass is 416 g/mol. The van der Waals surface area contributed by atoms with E-state index in [0.29, 0.717) is 22.6 Å². The molecule has 1 aliphatic heterocycles. The number of carbonyl (C=O) groups is 3. The number of hydrogen-bond acceptors (Lipinski definition) is 5. The number of nitro benzene ring substituents is 1. The topological polar surface area (TPSA) is 115 Å². The van der Waals surface area contributed by atoms with E-state index in [1.54, 1.807) is 66.2 Å². The molecule has 1 fully saturated rings. The van der Waals surface area contributed by atoms with Crippen molar-refractivity contribution >= 4 is 35.3 Å². The van der Waals surface area contributed by atoms with E-state index in [9.17, 15) is 24.5 Å². The van der Waals surface area contributed by atoms with Crippen LogP contribution in [0, 0.1) is 17.0 Å². The smallest absolute Gasteiger partial charge is 0.317 e. The van der Waals surface area contributed by atoms with Gasteiger partial charge in [-0.25, -0.2) is 9.69 Å². The van der Waals surface area contributed by atoms with Crippen molar-refractivity contribution in [2.45, 2.75) is 6.92 Å². The minimum atomic E-state index is -0.813. The number of para-hydroxylation sites is 1. The SMILES string of the molecule is Cc1ccccc1N1C(=O)NC(=O)C(=Cc2cccn2-c2ccc([N+](=O)[O-])cc2)C1=O. The van der Waals surface area contributed by atoms with E-state index in [0.717, 1.165) is 4.90 Å². The summed E-state index contributed by atoms with van der Waals surface area (Å²) in [6.07, 6.45) is 3.08. The number of aryl methyl sites for hydroxylation is 1. The standard InChI is InChI=1S/C22H16N4O5/c1-14-5-2-3-7-19(14)25-21(28)18(20(27)23-22(25)29)13-17-6-4-12-24(17)15-8-10-16(11-9-15)26(30)31/h2-13H,1H3,(H,23,27,29). The number of carbonyl (C=O) groups excluding carboxylic acids is 3. The van der Waals surface area contributed by atoms with Gasteiger partial charge >= 0.3 is 6.03 Å². The molecule has 3 aromatic rings. The van der Waals surface area contributed by atoms with Crippen molar-refractivity contribution in [2.24, 2.45) is 0 Å². The zero-order valence-corrected chi connectivity index (χ0v) is 16.3. The van der Waals surface area contributed by atoms with E-state index >= 15 is 0 Å². The van der Waals surface area contributed by atoms with E-state index in [-0.39, 0.29) is 11.3 Å². The molecule has 0 radical (unpaired) electrons. The average Bonchev–Trinajstić information content (AvgIpc) is 3.20. The van der Waals surface area contributed by atoms with E-state index in [4.69, 9.17) is 0 Å². The van der Waals surface area contributed by atoms with Gasteiger partial charge < -0.3 is 4.57 Å². The summed E-state index contributed by atoms with van der Waals surface area (Å²) in [7, 11) is 0. The highest BCUT2D eigenvalue weighted by molar-refractivity contribution is 6.39. The third-order valence-corrected chi connectivity index (χ3v) is 4.87. The minimum absolute atomic E-state index is 0.0509. The van der Waals surface area contributed by atoms with E-state index in [1.165, 1.54) is 18.2 Å². The van der Waals surface area contributed by atoms with E-state index < -0.39 is 22.8 Å². The van der Waals surface area contributed by atoms with Crippen LogP contribution in [0.3, 0.4) is 0 Å². The molecule has 0 atom stereocenters. The summed E-state index contributed by atoms with van der Waals surface area (Å²) in [4.78, 5) is 49.2. The van der Waals surface area contributed by atoms with Gasteiger partial charge in [-0.2, -0.15) is 0 Å². The maximum atomic E-state index is 13.1. The number of aromatic nitrogens is 1. The number of rotatable bonds is 4. The van der Waals surface area contributed by atoms with Gasteiger partial charge in [-0.1, -0.05) is 18.2 Å². The maximum absolute atomic E-state index is 13.1. The quantitative estimate of drug-likeness (QED) is 0.303. The van der Waals surface area contributed by atoms with E-state index in [1.807, 2.05) is 0 Å². The van der Waals surface area contributed by atoms with Crippen LogP contribution in [0.5, 0.6) is 0 Å². The molecule has 0 saturated carbocycles. The van der Waals surface area contributed by atoms with Crippen molar-refractivity contribution in [3.63, 3.8) is 0 Å². The summed E-state index contributed by atoms with van der Waals surface area (Å²) in [6, 6.07) is 15.3. The predicted molar refractivity (Wildman–Crippen MR) is 113 cm³/mol. The fourth-order valence-corrected chi connectivity index (χ4v) is 3.32. The van der Waals surface area contributed by atoms with Gasteiger partial charge in [0.15, 0.2) is 0 Å². The first-order chi connectivity index (χ1) is 14.9. The Kier molecular flexibility index (Phi) is 4.92. The molecule has 1 aliphatic rings. The van der Waals surface area contributed by atoms with Crippen molar-refractivity contribution in [2.75, 3.05) is 4.90 Å². The highest BCUT2D eigenvalue weighted by Crippen LogP contribution is 2.26. The summed E-state index contributed by atoms with van der Waals surface area (Å²) >= 11 is 0. The van der Waals surface area contributed by atoms with Gasteiger partial charge in [0.25, 0.3) is 17.5 Å². The van der Waals surface area contributed by atoms with Crippen LogP contribution in [0.1, 0.15) is 11.3 Å². The second-order valence-corrected chi connectivity index (χ2v) is 6.82. The van der Waals surface area contributed by atoms with Crippen LogP contribution in [-0.2, 0) is 9.59 Å². The molecular weight excluding hydrogens is 400 g/mol. The lowest BCUT2D eigenvalue weighted by atomic mass is 10.1. The number of urea groups is 1. The fourth-order valence-electron chi connectivity index (χ4n) is 3.32. The van der Waals surface area contributed by atoms with Crippen molar-refractivity contribution in [3.8, 4) is 5.69 Å². The summed E-state index contributed by atoms with van der Waals surface area (Å²) in [5, 5.41) is 13.1. The number of hydrogen-bond donors (Lipinski definition) is 1. The maximum Gasteiger partial charge on any atom is 0.335 e. The molecule has 2 aromatic carbocycles. The van der Waals surface area contributed by atoms with Crippen LogP contribution in [0.2, 0.25) is 0 Å². The Bertz CT molecular complexity index is 1260. The van der Waals surface area contributed by atoms with Gasteiger partial charge in [0, 0.05) is 29.7 Å². The van der Waals surface area contributed by atoms with Gasteiger partial charge in [0.1, 0.15) is 5.57 Å². The Morgan fingerprint density at radius 3 is 2.35 bits per heavy atom. The molecular formula is C22H16N4O5. The number of benzene rings is 2. The van der Waals surface area contributed by atoms with Gasteiger partial charge in [-0.05, 0) is 48.9 Å². The van der Waals surface area contributed by atoms with Crippen molar-refractivity contribution in [3.05, 3.63) is 93.8 Å². The summed E-state index contributed by atoms with van der Waals surface area (Å²) in [5.74, 6) is -1.53. The highest BCUT2D eigenvalue weighted by atomic mass is 16.6. The van der Waals surface area contributed by atoms with Crippen molar-refractivity contribution in [1.29, 1.82) is 0 Å². The second kappa shape index (κ2) is 7.71. The summed E-state index contributed by atoms with van der Waals surface area (Å²) in [6.45, 7) is 1.76. The van der Waals surface area contributed by atoms with E-state index in [2.05, 4.69) is 5.32 Å². The molecule has 4 amide bonds. The van der Waals surface area contributed by atoms with Crippen molar-refractivity contribution in [1.82, 2.24) is 9.88 Å². The number of imide groups is 2. The Morgan fingerprint density at radius 1 is 0.968 bits per heavy atom. The summed E-state index contributed by atoms with van der Waals surface area (Å²) < 4.78 is 1.67. The lowest BCUT2D eigenvalue weighted by molar-refractivity contribution is -0.384. The van der Waals surface area contributed by atoms with Crippen LogP contribution in [0.4, 0.5) is 16.2 Å². The Labute approximate surface area is 176 Å². The normalized spacial score (nSPS) is 15.3. The zero-order valence-electron chi connectivity index (χ0n) is 16.3. The molecule has 1 saturated heterocycles. The van der Waals surface area contributed by atoms with Crippen LogP contribution in [0.15, 0.2) is 72.4 Å². The molecule has 9 nitrogen and oxygen atoms in total. The number of nitrogens with one attached hydrogen (secondary N) is 1. The number of amides is 4. The fraction of sp³-hybridized carbons (Fsp3) is 0.0455. The Hall–Kier alpha value is -4.53. The first kappa shape index (κ1) is 19.8. The molecule has 2 heterocycles. The average molecular weight is 416 g/mol. The molecule has 1 aromatic heterocycles. The third-order valence-electron chi connectivity index (χ3n) is 4.87. The summed E-state index contributed by atoms with van der Waals surface area (Å²) in [5.41, 5.74) is 1.93. The van der Waals surface area contributed by atoms with Crippen LogP contribution in [-0.4, -0.2) is 27.3 Å². The number of nitrogens with zero attached hydrogens (tertiary/aromatic N) is 3. The lowest BCUT2D eigenvalue weighted by Gasteiger charge is -2.27. The van der Waals surface area contributed by atoms with Gasteiger partial charge in [-0.15, -0.1) is 0 Å². The number of barbiturate groups is 1. The Morgan fingerprint density at radius 2 is 1.68 bits per heavy atom. The molecule has 31 heavy (non-hydrogen) atoms. The van der Waals surface area contributed by atoms with Gasteiger partial charge in [0.2, 0.25) is 0 Å². The first-order valence-corrected chi connectivity index (χ1v) is 9.26. The molecule has 154 valence electrons. The third kappa shape index (κ3) is 3.60. The molecule has 0 bridgehead atoms. The highest BCUT2D eigenvalue weighted by Gasteiger charge is 2.37. The van der Waals surface area contributed by atoms with Crippen molar-refractivity contribution < 1.29 is 19.3 Å². The number of non-ortho nitro benzene ring substituents is 1. The molecule has 9 heteroatoms. The molecule has 0 aliphatic carbocycles. The second-order valence-electron chi connectivity index (χ2n) is 6.82. The Balaban J connectivity index is 1.73. The predicted octanol–water partition coefficient (Wildman–Crippen LogP) is 3.36. The lowest BCUT2D eigenvalue weighted by Crippen LogP contribution is -2.54. The van der Waals surface area contributed by atoms with Gasteiger partial charge in [0.05, 0.1) is 10.6 Å². The first-order valence-electron chi connectivity index (χ1n) is 9.26. The van der Waals surface area contributed by atoms with Gasteiger partial charge in [-0.3, -0.25) is 25.0 Å². The molecule has 1 N–H and O–H groups in total. The number of nitro groups is 1. The van der Waals surface area contributed by atoms with Crippen LogP contribution >= 0.6 is 0 Å². The molecule has 0 spiro atoms. The molecule has 4 rings (SSSR count). The number of anilines is 1. The van der Waals surface area contributed by atoms with Crippen LogP contribution in [0.25, 0.3) is 11.8 Å². The zero-order chi connectivity index (χ0) is 22.1. The largest absolute Gasteiger partial charge is 0.335 e. The van der Waals surface area contributed by atoms with Crippen LogP contribution < -0.4 is 10.2 Å². The minimum Gasteiger partial charge on any atom is -0.317 e.